The van der Waals surface area contributed by atoms with E-state index in [4.69, 9.17) is 0 Å². The van der Waals surface area contributed by atoms with Crippen molar-refractivity contribution in [2.75, 3.05) is 31.5 Å². The standard InChI is InChI=1S/C27H33N3O3/c1-19(2)25(31)28-24-10-5-9-21(18-24)20-11-15-29(16-12-20)13-6-14-30-26(32)22-7-3-4-8-23(17-22)27(30)33/h3-5,7-10,18-20H,6,11-17H2,1-2H3,(H,28,31). The summed E-state index contributed by atoms with van der Waals surface area (Å²) in [6.45, 7) is 7.12. The molecule has 3 aliphatic rings. The van der Waals surface area contributed by atoms with Gasteiger partial charge in [0.2, 0.25) is 5.91 Å². The van der Waals surface area contributed by atoms with E-state index in [0.29, 0.717) is 30.0 Å². The lowest BCUT2D eigenvalue weighted by Gasteiger charge is -2.33. The minimum absolute atomic E-state index is 0.0377. The van der Waals surface area contributed by atoms with Gasteiger partial charge in [-0.05, 0) is 62.5 Å². The van der Waals surface area contributed by atoms with Crippen LogP contribution in [0.5, 0.6) is 0 Å². The maximum absolute atomic E-state index is 12.6. The number of hydrogen-bond donors (Lipinski definition) is 1. The Balaban J connectivity index is 1.25. The summed E-state index contributed by atoms with van der Waals surface area (Å²) in [5.41, 5.74) is 3.54. The zero-order chi connectivity index (χ0) is 23.4. The molecule has 2 heterocycles. The third-order valence-electron chi connectivity index (χ3n) is 6.72. The summed E-state index contributed by atoms with van der Waals surface area (Å²) in [5, 5.41) is 2.99. The quantitative estimate of drug-likeness (QED) is 0.641. The molecule has 3 amide bonds. The van der Waals surface area contributed by atoms with Gasteiger partial charge < -0.3 is 10.2 Å². The molecule has 0 aromatic heterocycles. The second-order valence-electron chi connectivity index (χ2n) is 9.45. The number of nitrogens with one attached hydrogen (secondary N) is 1. The Hall–Kier alpha value is -2.99. The van der Waals surface area contributed by atoms with Gasteiger partial charge in [0.05, 0.1) is 0 Å². The van der Waals surface area contributed by atoms with Crippen molar-refractivity contribution in [3.05, 3.63) is 65.3 Å². The number of imide groups is 1. The second-order valence-corrected chi connectivity index (χ2v) is 9.45. The fourth-order valence-electron chi connectivity index (χ4n) is 4.70. The number of fused-ring (bicyclic) bond motifs is 2. The van der Waals surface area contributed by atoms with Gasteiger partial charge in [-0.25, -0.2) is 0 Å². The van der Waals surface area contributed by atoms with Crippen molar-refractivity contribution in [3.63, 3.8) is 0 Å². The van der Waals surface area contributed by atoms with Crippen molar-refractivity contribution in [1.29, 1.82) is 0 Å². The predicted octanol–water partition coefficient (Wildman–Crippen LogP) is 4.03. The van der Waals surface area contributed by atoms with Gasteiger partial charge >= 0.3 is 0 Å². The Morgan fingerprint density at radius 2 is 1.70 bits per heavy atom. The molecule has 0 radical (unpaired) electrons. The molecule has 2 aliphatic heterocycles. The Labute approximate surface area is 196 Å². The topological polar surface area (TPSA) is 69.7 Å². The normalized spacial score (nSPS) is 19.4. The van der Waals surface area contributed by atoms with E-state index in [-0.39, 0.29) is 23.6 Å². The first kappa shape index (κ1) is 23.2. The van der Waals surface area contributed by atoms with Gasteiger partial charge in [0.25, 0.3) is 11.8 Å². The fraction of sp³-hybridized carbons (Fsp3) is 0.444. The minimum Gasteiger partial charge on any atom is -0.326 e. The smallest absolute Gasteiger partial charge is 0.256 e. The highest BCUT2D eigenvalue weighted by molar-refractivity contribution is 6.14. The summed E-state index contributed by atoms with van der Waals surface area (Å²) in [4.78, 5) is 41.1. The Morgan fingerprint density at radius 3 is 2.33 bits per heavy atom. The van der Waals surface area contributed by atoms with E-state index >= 15 is 0 Å². The number of rotatable bonds is 7. The highest BCUT2D eigenvalue weighted by atomic mass is 16.2. The van der Waals surface area contributed by atoms with E-state index in [9.17, 15) is 14.4 Å². The number of benzene rings is 1. The number of likely N-dealkylation sites (tertiary alicyclic amines) is 2. The van der Waals surface area contributed by atoms with Crippen LogP contribution in [0.2, 0.25) is 0 Å². The molecular formula is C27H33N3O3. The zero-order valence-corrected chi connectivity index (χ0v) is 19.5. The molecule has 2 fully saturated rings. The van der Waals surface area contributed by atoms with Gasteiger partial charge in [0, 0.05) is 35.7 Å². The van der Waals surface area contributed by atoms with Gasteiger partial charge in [0.15, 0.2) is 0 Å². The van der Waals surface area contributed by atoms with E-state index in [1.165, 1.54) is 10.5 Å². The first-order chi connectivity index (χ1) is 15.9. The number of anilines is 1. The number of allylic oxidation sites excluding steroid dienone is 4. The first-order valence-electron chi connectivity index (χ1n) is 12.0. The molecule has 33 heavy (non-hydrogen) atoms. The van der Waals surface area contributed by atoms with Crippen LogP contribution < -0.4 is 5.32 Å². The molecule has 6 heteroatoms. The highest BCUT2D eigenvalue weighted by Crippen LogP contribution is 2.30. The van der Waals surface area contributed by atoms with Gasteiger partial charge in [-0.15, -0.1) is 0 Å². The van der Waals surface area contributed by atoms with E-state index in [0.717, 1.165) is 44.6 Å². The van der Waals surface area contributed by atoms with Crippen LogP contribution in [0.15, 0.2) is 59.7 Å². The summed E-state index contributed by atoms with van der Waals surface area (Å²) in [5.74, 6) is 0.188. The second kappa shape index (κ2) is 10.3. The summed E-state index contributed by atoms with van der Waals surface area (Å²) in [7, 11) is 0. The number of carbonyl (C=O) groups excluding carboxylic acids is 3. The lowest BCUT2D eigenvalue weighted by atomic mass is 9.89. The van der Waals surface area contributed by atoms with Crippen molar-refractivity contribution in [2.45, 2.75) is 45.4 Å². The molecule has 0 unspecified atom stereocenters. The molecule has 1 aromatic rings. The molecule has 1 aliphatic carbocycles. The Bertz CT molecular complexity index is 979. The third-order valence-corrected chi connectivity index (χ3v) is 6.72. The van der Waals surface area contributed by atoms with Gasteiger partial charge in [-0.3, -0.25) is 19.3 Å². The maximum atomic E-state index is 12.6. The average molecular weight is 448 g/mol. The van der Waals surface area contributed by atoms with Gasteiger partial charge in [0.1, 0.15) is 0 Å². The highest BCUT2D eigenvalue weighted by Gasteiger charge is 2.33. The largest absolute Gasteiger partial charge is 0.326 e. The average Bonchev–Trinajstić information content (AvgIpc) is 3.05. The van der Waals surface area contributed by atoms with Gasteiger partial charge in [-0.2, -0.15) is 0 Å². The van der Waals surface area contributed by atoms with Crippen LogP contribution in [-0.4, -0.2) is 53.7 Å². The molecule has 1 aromatic carbocycles. The predicted molar refractivity (Wildman–Crippen MR) is 130 cm³/mol. The summed E-state index contributed by atoms with van der Waals surface area (Å²) in [6.07, 6.45) is 10.6. The van der Waals surface area contributed by atoms with Crippen LogP contribution in [0.4, 0.5) is 5.69 Å². The van der Waals surface area contributed by atoms with Crippen LogP contribution in [0.1, 0.15) is 51.0 Å². The minimum atomic E-state index is -0.146. The Morgan fingerprint density at radius 1 is 1.03 bits per heavy atom. The first-order valence-corrected chi connectivity index (χ1v) is 12.0. The number of carbonyl (C=O) groups is 3. The van der Waals surface area contributed by atoms with E-state index < -0.39 is 0 Å². The molecule has 1 N–H and O–H groups in total. The van der Waals surface area contributed by atoms with Gasteiger partial charge in [-0.1, -0.05) is 50.3 Å². The van der Waals surface area contributed by atoms with E-state index in [2.05, 4.69) is 22.3 Å². The monoisotopic (exact) mass is 447 g/mol. The molecule has 6 nitrogen and oxygen atoms in total. The summed E-state index contributed by atoms with van der Waals surface area (Å²) < 4.78 is 0. The lowest BCUT2D eigenvalue weighted by Crippen LogP contribution is -2.44. The molecule has 2 saturated heterocycles. The van der Waals surface area contributed by atoms with Crippen molar-refractivity contribution in [2.24, 2.45) is 5.92 Å². The molecular weight excluding hydrogens is 414 g/mol. The number of hydrogen-bond acceptors (Lipinski definition) is 4. The SMILES string of the molecule is CC(C)C(=O)Nc1cccc(C2CCN(CCCN3C(=O)C4=CC=CC=C(C4)C3=O)CC2)c1. The molecule has 0 saturated carbocycles. The maximum Gasteiger partial charge on any atom is 0.256 e. The molecule has 2 bridgehead atoms. The van der Waals surface area contributed by atoms with Crippen molar-refractivity contribution in [1.82, 2.24) is 9.80 Å². The fourth-order valence-corrected chi connectivity index (χ4v) is 4.70. The molecule has 4 rings (SSSR count). The lowest BCUT2D eigenvalue weighted by molar-refractivity contribution is -0.141. The third kappa shape index (κ3) is 5.50. The zero-order valence-electron chi connectivity index (χ0n) is 19.5. The van der Waals surface area contributed by atoms with Crippen molar-refractivity contribution >= 4 is 23.4 Å². The Kier molecular flexibility index (Phi) is 7.23. The molecule has 0 spiro atoms. The number of amides is 3. The van der Waals surface area contributed by atoms with Crippen LogP contribution >= 0.6 is 0 Å². The molecule has 0 atom stereocenters. The van der Waals surface area contributed by atoms with Crippen LogP contribution in [0.25, 0.3) is 0 Å². The van der Waals surface area contributed by atoms with E-state index in [1.807, 2.05) is 50.3 Å². The van der Waals surface area contributed by atoms with Crippen molar-refractivity contribution in [3.8, 4) is 0 Å². The molecule has 174 valence electrons. The van der Waals surface area contributed by atoms with Crippen molar-refractivity contribution < 1.29 is 14.4 Å². The van der Waals surface area contributed by atoms with Crippen LogP contribution in [0, 0.1) is 5.92 Å². The summed E-state index contributed by atoms with van der Waals surface area (Å²) in [6, 6.07) is 8.21. The van der Waals surface area contributed by atoms with Crippen LogP contribution in [0.3, 0.4) is 0 Å². The summed E-state index contributed by atoms with van der Waals surface area (Å²) >= 11 is 0. The number of nitrogens with zero attached hydrogens (tertiary/aromatic N) is 2. The number of piperidine rings is 2. The van der Waals surface area contributed by atoms with E-state index in [1.54, 1.807) is 0 Å². The van der Waals surface area contributed by atoms with Crippen LogP contribution in [-0.2, 0) is 14.4 Å².